The first-order valence-corrected chi connectivity index (χ1v) is 8.69. The fourth-order valence-electron chi connectivity index (χ4n) is 3.60. The van der Waals surface area contributed by atoms with Crippen LogP contribution in [-0.4, -0.2) is 28.0 Å². The van der Waals surface area contributed by atoms with Crippen molar-refractivity contribution in [2.24, 2.45) is 5.92 Å². The maximum Gasteiger partial charge on any atom is 0.148 e. The molecule has 1 saturated carbocycles. The zero-order valence-electron chi connectivity index (χ0n) is 12.8. The molecule has 0 N–H and O–H groups in total. The number of Topliss-reactive ketones (excluding diaryl/α,β-unsaturated/α-hetero) is 1. The average Bonchev–Trinajstić information content (AvgIpc) is 2.56. The van der Waals surface area contributed by atoms with E-state index in [0.717, 1.165) is 11.7 Å². The highest BCUT2D eigenvalue weighted by Gasteiger charge is 2.48. The molecule has 2 aliphatic rings. The van der Waals surface area contributed by atoms with Gasteiger partial charge in [0, 0.05) is 11.2 Å². The first kappa shape index (κ1) is 15.4. The molecule has 0 spiro atoms. The van der Waals surface area contributed by atoms with Crippen molar-refractivity contribution in [1.29, 1.82) is 0 Å². The molecule has 1 heterocycles. The second kappa shape index (κ2) is 5.77. The molecule has 2 rings (SSSR count). The van der Waals surface area contributed by atoms with Gasteiger partial charge in [0.25, 0.3) is 0 Å². The number of rotatable bonds is 4. The first-order chi connectivity index (χ1) is 8.80. The summed E-state index contributed by atoms with van der Waals surface area (Å²) in [5.74, 6) is 1.14. The van der Waals surface area contributed by atoms with Crippen LogP contribution in [0.25, 0.3) is 0 Å². The van der Waals surface area contributed by atoms with E-state index in [9.17, 15) is 4.79 Å². The van der Waals surface area contributed by atoms with E-state index < -0.39 is 0 Å². The van der Waals surface area contributed by atoms with Crippen LogP contribution < -0.4 is 0 Å². The van der Waals surface area contributed by atoms with Gasteiger partial charge < -0.3 is 4.74 Å². The minimum atomic E-state index is -0.298. The van der Waals surface area contributed by atoms with Crippen LogP contribution in [0.5, 0.6) is 0 Å². The van der Waals surface area contributed by atoms with E-state index in [1.54, 1.807) is 0 Å². The zero-order valence-corrected chi connectivity index (χ0v) is 13.6. The predicted molar refractivity (Wildman–Crippen MR) is 81.7 cm³/mol. The van der Waals surface area contributed by atoms with Crippen LogP contribution in [0.3, 0.4) is 0 Å². The van der Waals surface area contributed by atoms with Gasteiger partial charge in [0.1, 0.15) is 5.78 Å². The Morgan fingerprint density at radius 1 is 1.16 bits per heavy atom. The van der Waals surface area contributed by atoms with Crippen LogP contribution in [0.15, 0.2) is 0 Å². The van der Waals surface area contributed by atoms with E-state index in [1.807, 2.05) is 11.8 Å². The number of carbonyl (C=O) groups excluding carboxylic acids is 1. The van der Waals surface area contributed by atoms with Crippen molar-refractivity contribution >= 4 is 17.5 Å². The third kappa shape index (κ3) is 3.98. The molecule has 110 valence electrons. The summed E-state index contributed by atoms with van der Waals surface area (Å²) < 4.78 is 6.03. The highest BCUT2D eigenvalue weighted by atomic mass is 32.2. The summed E-state index contributed by atoms with van der Waals surface area (Å²) in [6, 6.07) is 0. The molecule has 1 aliphatic heterocycles. The molecule has 19 heavy (non-hydrogen) atoms. The topological polar surface area (TPSA) is 26.3 Å². The van der Waals surface area contributed by atoms with Crippen LogP contribution in [0.4, 0.5) is 0 Å². The Hall–Kier alpha value is -0.0200. The SMILES string of the molecule is CC1(C)CC(C(=O)CSC2CCCCC2)C(C)(C)O1. The van der Waals surface area contributed by atoms with E-state index >= 15 is 0 Å². The predicted octanol–water partition coefficient (Wildman–Crippen LogP) is 4.22. The van der Waals surface area contributed by atoms with Crippen molar-refractivity contribution in [3.05, 3.63) is 0 Å². The van der Waals surface area contributed by atoms with Crippen molar-refractivity contribution in [2.45, 2.75) is 82.7 Å². The Labute approximate surface area is 122 Å². The van der Waals surface area contributed by atoms with Gasteiger partial charge >= 0.3 is 0 Å². The van der Waals surface area contributed by atoms with E-state index in [0.29, 0.717) is 11.5 Å². The van der Waals surface area contributed by atoms with E-state index in [4.69, 9.17) is 4.74 Å². The summed E-state index contributed by atoms with van der Waals surface area (Å²) in [4.78, 5) is 12.5. The largest absolute Gasteiger partial charge is 0.369 e. The lowest BCUT2D eigenvalue weighted by molar-refractivity contribution is -0.126. The molecule has 1 aliphatic carbocycles. The van der Waals surface area contributed by atoms with Gasteiger partial charge in [-0.25, -0.2) is 0 Å². The molecule has 2 fully saturated rings. The average molecular weight is 284 g/mol. The lowest BCUT2D eigenvalue weighted by Crippen LogP contribution is -2.35. The van der Waals surface area contributed by atoms with Crippen molar-refractivity contribution in [1.82, 2.24) is 0 Å². The summed E-state index contributed by atoms with van der Waals surface area (Å²) in [6.07, 6.45) is 7.53. The number of ether oxygens (including phenoxy) is 1. The molecule has 0 aromatic rings. The summed E-state index contributed by atoms with van der Waals surface area (Å²) >= 11 is 1.89. The number of hydrogen-bond donors (Lipinski definition) is 0. The Bertz CT molecular complexity index is 330. The van der Waals surface area contributed by atoms with Crippen molar-refractivity contribution in [2.75, 3.05) is 5.75 Å². The van der Waals surface area contributed by atoms with Gasteiger partial charge in [-0.1, -0.05) is 19.3 Å². The second-order valence-electron chi connectivity index (χ2n) is 7.26. The molecule has 3 heteroatoms. The Morgan fingerprint density at radius 3 is 2.32 bits per heavy atom. The fourth-order valence-corrected chi connectivity index (χ4v) is 4.86. The van der Waals surface area contributed by atoms with Gasteiger partial charge in [0.05, 0.1) is 17.0 Å². The molecule has 1 saturated heterocycles. The smallest absolute Gasteiger partial charge is 0.148 e. The maximum atomic E-state index is 12.5. The highest BCUT2D eigenvalue weighted by Crippen LogP contribution is 2.43. The molecule has 0 bridgehead atoms. The van der Waals surface area contributed by atoms with E-state index in [2.05, 4.69) is 27.7 Å². The van der Waals surface area contributed by atoms with Gasteiger partial charge in [-0.3, -0.25) is 4.79 Å². The summed E-state index contributed by atoms with van der Waals surface area (Å²) in [5.41, 5.74) is -0.451. The van der Waals surface area contributed by atoms with Gasteiger partial charge in [0.2, 0.25) is 0 Å². The summed E-state index contributed by atoms with van der Waals surface area (Å²) in [7, 11) is 0. The summed E-state index contributed by atoms with van der Waals surface area (Å²) in [5, 5.41) is 0.719. The Kier molecular flexibility index (Phi) is 4.67. The number of thioether (sulfide) groups is 1. The Balaban J connectivity index is 1.85. The van der Waals surface area contributed by atoms with Crippen LogP contribution in [0.1, 0.15) is 66.2 Å². The van der Waals surface area contributed by atoms with Gasteiger partial charge in [-0.2, -0.15) is 11.8 Å². The lowest BCUT2D eigenvalue weighted by Gasteiger charge is -2.27. The van der Waals surface area contributed by atoms with Crippen LogP contribution in [0.2, 0.25) is 0 Å². The highest BCUT2D eigenvalue weighted by molar-refractivity contribution is 8.00. The first-order valence-electron chi connectivity index (χ1n) is 7.65. The quantitative estimate of drug-likeness (QED) is 0.773. The molecule has 1 atom stereocenters. The lowest BCUT2D eigenvalue weighted by atomic mass is 9.84. The molecule has 0 aromatic carbocycles. The van der Waals surface area contributed by atoms with Gasteiger partial charge in [-0.05, 0) is 47.0 Å². The third-order valence-corrected chi connectivity index (χ3v) is 5.87. The molecular weight excluding hydrogens is 256 g/mol. The number of ketones is 1. The molecule has 0 amide bonds. The Morgan fingerprint density at radius 2 is 1.79 bits per heavy atom. The van der Waals surface area contributed by atoms with Crippen molar-refractivity contribution in [3.63, 3.8) is 0 Å². The fraction of sp³-hybridized carbons (Fsp3) is 0.938. The number of hydrogen-bond acceptors (Lipinski definition) is 3. The zero-order chi connectivity index (χ0) is 14.1. The molecule has 1 unspecified atom stereocenters. The monoisotopic (exact) mass is 284 g/mol. The van der Waals surface area contributed by atoms with Crippen LogP contribution >= 0.6 is 11.8 Å². The second-order valence-corrected chi connectivity index (χ2v) is 8.55. The normalized spacial score (nSPS) is 30.4. The third-order valence-electron chi connectivity index (χ3n) is 4.48. The molecular formula is C16H28O2S. The standard InChI is InChI=1S/C16H28O2S/c1-15(2)10-13(16(3,4)18-15)14(17)11-19-12-8-6-5-7-9-12/h12-13H,5-11H2,1-4H3. The molecule has 0 aromatic heterocycles. The minimum Gasteiger partial charge on any atom is -0.369 e. The van der Waals surface area contributed by atoms with E-state index in [1.165, 1.54) is 32.1 Å². The summed E-state index contributed by atoms with van der Waals surface area (Å²) in [6.45, 7) is 8.32. The van der Waals surface area contributed by atoms with Gasteiger partial charge in [0.15, 0.2) is 0 Å². The number of carbonyl (C=O) groups is 1. The maximum absolute atomic E-state index is 12.5. The van der Waals surface area contributed by atoms with Gasteiger partial charge in [-0.15, -0.1) is 0 Å². The van der Waals surface area contributed by atoms with Crippen LogP contribution in [0, 0.1) is 5.92 Å². The minimum absolute atomic E-state index is 0.0681. The van der Waals surface area contributed by atoms with E-state index in [-0.39, 0.29) is 17.1 Å². The van der Waals surface area contributed by atoms with Crippen LogP contribution in [-0.2, 0) is 9.53 Å². The van der Waals surface area contributed by atoms with Crippen molar-refractivity contribution < 1.29 is 9.53 Å². The molecule has 2 nitrogen and oxygen atoms in total. The molecule has 0 radical (unpaired) electrons. The van der Waals surface area contributed by atoms with Crippen molar-refractivity contribution in [3.8, 4) is 0 Å².